The number of carbonyl (C=O) groups is 2. The summed E-state index contributed by atoms with van der Waals surface area (Å²) in [5, 5.41) is 17.0. The maximum absolute atomic E-state index is 11.2. The monoisotopic (exact) mass is 250 g/mol. The number of hydrogen-bond acceptors (Lipinski definition) is 5. The number of carboxylic acids is 1. The van der Waals surface area contributed by atoms with Gasteiger partial charge >= 0.3 is 5.97 Å². The van der Waals surface area contributed by atoms with Crippen LogP contribution in [0.1, 0.15) is 5.56 Å². The molecule has 0 aromatic heterocycles. The molecule has 0 unspecified atom stereocenters. The third kappa shape index (κ3) is 4.51. The van der Waals surface area contributed by atoms with Crippen molar-refractivity contribution in [2.24, 2.45) is 0 Å². The third-order valence-electron chi connectivity index (χ3n) is 1.75. The van der Waals surface area contributed by atoms with E-state index < -0.39 is 18.5 Å². The van der Waals surface area contributed by atoms with Crippen molar-refractivity contribution >= 4 is 11.9 Å². The Balaban J connectivity index is 2.38. The second kappa shape index (κ2) is 6.88. The molecule has 1 aromatic rings. The lowest BCUT2D eigenvalue weighted by atomic mass is 10.2. The quantitative estimate of drug-likeness (QED) is 0.691. The zero-order chi connectivity index (χ0) is 13.4. The fraction of sp³-hybridized carbons (Fsp3) is 0.182. The number of ether oxygens (including phenoxy) is 1. The van der Waals surface area contributed by atoms with Crippen LogP contribution < -0.4 is 10.2 Å². The molecule has 0 aliphatic carbocycles. The average Bonchev–Trinajstić information content (AvgIpc) is 2.36. The number of carboxylic acid groups (broad SMARTS) is 1. The van der Waals surface area contributed by atoms with E-state index in [-0.39, 0.29) is 12.4 Å². The Labute approximate surface area is 102 Å². The van der Waals surface area contributed by atoms with Gasteiger partial charge < -0.3 is 9.84 Å². The van der Waals surface area contributed by atoms with Crippen LogP contribution >= 0.6 is 0 Å². The Bertz CT molecular complexity index is 481. The largest absolute Gasteiger partial charge is 0.482 e. The Morgan fingerprint density at radius 3 is 2.72 bits per heavy atom. The minimum atomic E-state index is -1.20. The van der Waals surface area contributed by atoms with Crippen LogP contribution in [0.2, 0.25) is 0 Å². The first-order chi connectivity index (χ1) is 8.63. The summed E-state index contributed by atoms with van der Waals surface area (Å²) in [4.78, 5) is 25.6. The number of nitriles is 1. The van der Waals surface area contributed by atoms with Crippen molar-refractivity contribution in [1.29, 1.82) is 5.26 Å². The maximum atomic E-state index is 11.2. The predicted octanol–water partition coefficient (Wildman–Crippen LogP) is 0.0695. The maximum Gasteiger partial charge on any atom is 0.332 e. The fourth-order valence-electron chi connectivity index (χ4n) is 1.04. The van der Waals surface area contributed by atoms with Crippen molar-refractivity contribution in [3.05, 3.63) is 29.8 Å². The Morgan fingerprint density at radius 2 is 2.06 bits per heavy atom. The zero-order valence-corrected chi connectivity index (χ0v) is 9.25. The third-order valence-corrected chi connectivity index (χ3v) is 1.75. The van der Waals surface area contributed by atoms with Crippen molar-refractivity contribution in [2.45, 2.75) is 0 Å². The van der Waals surface area contributed by atoms with Crippen LogP contribution in [-0.2, 0) is 14.4 Å². The molecule has 2 N–H and O–H groups in total. The van der Waals surface area contributed by atoms with Gasteiger partial charge in [0.1, 0.15) is 11.8 Å². The number of aliphatic carboxylic acids is 1. The lowest BCUT2D eigenvalue weighted by molar-refractivity contribution is -0.149. The van der Waals surface area contributed by atoms with E-state index in [4.69, 9.17) is 15.1 Å². The molecule has 0 aliphatic rings. The van der Waals surface area contributed by atoms with Crippen molar-refractivity contribution in [2.75, 3.05) is 13.2 Å². The molecule has 0 aliphatic heterocycles. The molecule has 0 saturated heterocycles. The minimum absolute atomic E-state index is 0.272. The number of nitrogens with zero attached hydrogens (tertiary/aromatic N) is 1. The second-order valence-electron chi connectivity index (χ2n) is 3.10. The summed E-state index contributed by atoms with van der Waals surface area (Å²) in [7, 11) is 0. The molecule has 7 nitrogen and oxygen atoms in total. The summed E-state index contributed by atoms with van der Waals surface area (Å²) in [6.45, 7) is -1.02. The van der Waals surface area contributed by atoms with Crippen LogP contribution in [0, 0.1) is 11.3 Å². The van der Waals surface area contributed by atoms with Gasteiger partial charge in [-0.3, -0.25) is 9.63 Å². The molecule has 1 amide bonds. The summed E-state index contributed by atoms with van der Waals surface area (Å²) in [5.74, 6) is -1.58. The normalized spacial score (nSPS) is 9.28. The SMILES string of the molecule is N#Cc1ccccc1OCC(=O)NOCC(=O)O. The van der Waals surface area contributed by atoms with Crippen molar-refractivity contribution < 1.29 is 24.3 Å². The summed E-state index contributed by atoms with van der Waals surface area (Å²) < 4.78 is 5.09. The number of rotatable bonds is 6. The molecule has 0 heterocycles. The molecule has 18 heavy (non-hydrogen) atoms. The van der Waals surface area contributed by atoms with Crippen molar-refractivity contribution in [3.8, 4) is 11.8 Å². The van der Waals surface area contributed by atoms with Gasteiger partial charge in [-0.15, -0.1) is 0 Å². The van der Waals surface area contributed by atoms with E-state index in [1.54, 1.807) is 24.3 Å². The standard InChI is InChI=1S/C11H10N2O5/c12-5-8-3-1-2-4-9(8)17-6-10(14)13-18-7-11(15)16/h1-4H,6-7H2,(H,13,14)(H,15,16). The van der Waals surface area contributed by atoms with E-state index in [1.165, 1.54) is 0 Å². The van der Waals surface area contributed by atoms with Gasteiger partial charge in [0, 0.05) is 0 Å². The highest BCUT2D eigenvalue weighted by molar-refractivity contribution is 5.76. The molecule has 94 valence electrons. The van der Waals surface area contributed by atoms with Crippen LogP contribution in [-0.4, -0.2) is 30.2 Å². The number of benzene rings is 1. The molecule has 0 radical (unpaired) electrons. The average molecular weight is 250 g/mol. The summed E-state index contributed by atoms with van der Waals surface area (Å²) in [6, 6.07) is 8.34. The zero-order valence-electron chi connectivity index (χ0n) is 9.25. The first-order valence-corrected chi connectivity index (χ1v) is 4.88. The topological polar surface area (TPSA) is 109 Å². The number of nitrogens with one attached hydrogen (secondary N) is 1. The number of carbonyl (C=O) groups excluding carboxylic acids is 1. The summed E-state index contributed by atoms with van der Waals surface area (Å²) in [5.41, 5.74) is 2.20. The highest BCUT2D eigenvalue weighted by atomic mass is 16.7. The van der Waals surface area contributed by atoms with E-state index in [0.29, 0.717) is 5.56 Å². The lowest BCUT2D eigenvalue weighted by Gasteiger charge is -2.07. The van der Waals surface area contributed by atoms with Gasteiger partial charge in [-0.05, 0) is 12.1 Å². The molecule has 0 saturated carbocycles. The van der Waals surface area contributed by atoms with E-state index in [1.807, 2.05) is 11.5 Å². The Hall–Kier alpha value is -2.59. The van der Waals surface area contributed by atoms with Gasteiger partial charge in [0.25, 0.3) is 5.91 Å². The summed E-state index contributed by atoms with van der Waals surface area (Å²) in [6.07, 6.45) is 0. The predicted molar refractivity (Wildman–Crippen MR) is 58.4 cm³/mol. The molecule has 1 rings (SSSR count). The van der Waals surface area contributed by atoms with Gasteiger partial charge in [0.2, 0.25) is 0 Å². The van der Waals surface area contributed by atoms with Gasteiger partial charge in [-0.25, -0.2) is 10.3 Å². The lowest BCUT2D eigenvalue weighted by Crippen LogP contribution is -2.31. The number of para-hydroxylation sites is 1. The molecule has 1 aromatic carbocycles. The minimum Gasteiger partial charge on any atom is -0.482 e. The second-order valence-corrected chi connectivity index (χ2v) is 3.10. The number of hydrogen-bond donors (Lipinski definition) is 2. The molecule has 0 fully saturated rings. The highest BCUT2D eigenvalue weighted by Gasteiger charge is 2.06. The van der Waals surface area contributed by atoms with E-state index in [9.17, 15) is 9.59 Å². The van der Waals surface area contributed by atoms with Crippen LogP contribution in [0.3, 0.4) is 0 Å². The van der Waals surface area contributed by atoms with Gasteiger partial charge in [-0.2, -0.15) is 5.26 Å². The van der Waals surface area contributed by atoms with Gasteiger partial charge in [-0.1, -0.05) is 12.1 Å². The Kier molecular flexibility index (Phi) is 5.15. The highest BCUT2D eigenvalue weighted by Crippen LogP contribution is 2.15. The number of amides is 1. The molecule has 0 spiro atoms. The van der Waals surface area contributed by atoms with Crippen molar-refractivity contribution in [3.63, 3.8) is 0 Å². The van der Waals surface area contributed by atoms with Gasteiger partial charge in [0.15, 0.2) is 13.2 Å². The van der Waals surface area contributed by atoms with E-state index in [2.05, 4.69) is 4.84 Å². The van der Waals surface area contributed by atoms with E-state index in [0.717, 1.165) is 0 Å². The van der Waals surface area contributed by atoms with E-state index >= 15 is 0 Å². The summed E-state index contributed by atoms with van der Waals surface area (Å²) >= 11 is 0. The molecule has 7 heteroatoms. The molecule has 0 bridgehead atoms. The first kappa shape index (κ1) is 13.5. The van der Waals surface area contributed by atoms with Crippen LogP contribution in [0.15, 0.2) is 24.3 Å². The van der Waals surface area contributed by atoms with Crippen LogP contribution in [0.25, 0.3) is 0 Å². The van der Waals surface area contributed by atoms with Crippen LogP contribution in [0.5, 0.6) is 5.75 Å². The molecular weight excluding hydrogens is 240 g/mol. The number of hydroxylamine groups is 1. The smallest absolute Gasteiger partial charge is 0.332 e. The van der Waals surface area contributed by atoms with Crippen LogP contribution in [0.4, 0.5) is 0 Å². The molecule has 0 atom stereocenters. The Morgan fingerprint density at radius 1 is 1.33 bits per heavy atom. The first-order valence-electron chi connectivity index (χ1n) is 4.88. The fourth-order valence-corrected chi connectivity index (χ4v) is 1.04. The van der Waals surface area contributed by atoms with Crippen molar-refractivity contribution in [1.82, 2.24) is 5.48 Å². The van der Waals surface area contributed by atoms with Gasteiger partial charge in [0.05, 0.1) is 5.56 Å². The molecular formula is C11H10N2O5.